The van der Waals surface area contributed by atoms with Crippen molar-refractivity contribution in [2.24, 2.45) is 0 Å². The average molecular weight is 367 g/mol. The van der Waals surface area contributed by atoms with Crippen LogP contribution in [0.3, 0.4) is 0 Å². The number of carbonyl (C=O) groups is 1. The molecule has 0 aromatic heterocycles. The number of hydrogen-bond donors (Lipinski definition) is 0. The topological polar surface area (TPSA) is 78.7 Å². The first-order chi connectivity index (χ1) is 13.1. The molecule has 0 aliphatic rings. The maximum atomic E-state index is 10.9. The van der Waals surface area contributed by atoms with Crippen LogP contribution in [0, 0.1) is 10.1 Å². The van der Waals surface area contributed by atoms with Gasteiger partial charge in [0, 0.05) is 18.2 Å². The van der Waals surface area contributed by atoms with Crippen LogP contribution in [0.2, 0.25) is 0 Å². The van der Waals surface area contributed by atoms with Gasteiger partial charge >= 0.3 is 5.97 Å². The van der Waals surface area contributed by atoms with Gasteiger partial charge in [0.05, 0.1) is 18.1 Å². The van der Waals surface area contributed by atoms with Crippen LogP contribution in [0.25, 0.3) is 12.2 Å². The standard InChI is InChI=1S/C21H21NO5/c1-2-21(23)27-16-4-3-15-26-20-13-9-18(10-14-20)6-5-17-7-11-19(12-8-17)22(24)25/h2,5-14H,1,3-4,15-16H2. The van der Waals surface area contributed by atoms with E-state index < -0.39 is 10.9 Å². The molecule has 2 aromatic carbocycles. The first-order valence-electron chi connectivity index (χ1n) is 8.53. The third-order valence-corrected chi connectivity index (χ3v) is 3.67. The molecule has 2 aromatic rings. The summed E-state index contributed by atoms with van der Waals surface area (Å²) in [7, 11) is 0. The van der Waals surface area contributed by atoms with Crippen LogP contribution in [0.4, 0.5) is 5.69 Å². The van der Waals surface area contributed by atoms with Gasteiger partial charge in [0.2, 0.25) is 0 Å². The van der Waals surface area contributed by atoms with Crippen LogP contribution in [0.5, 0.6) is 5.75 Å². The zero-order chi connectivity index (χ0) is 19.5. The molecule has 0 heterocycles. The summed E-state index contributed by atoms with van der Waals surface area (Å²) in [5, 5.41) is 10.6. The van der Waals surface area contributed by atoms with E-state index in [4.69, 9.17) is 9.47 Å². The molecule has 0 N–H and O–H groups in total. The molecule has 0 aliphatic carbocycles. The summed E-state index contributed by atoms with van der Waals surface area (Å²) < 4.78 is 10.5. The number of unbranched alkanes of at least 4 members (excludes halogenated alkanes) is 1. The molecule has 0 aliphatic heterocycles. The molecule has 0 saturated heterocycles. The molecular weight excluding hydrogens is 346 g/mol. The minimum absolute atomic E-state index is 0.0764. The number of nitro groups is 1. The number of non-ortho nitro benzene ring substituents is 1. The summed E-state index contributed by atoms with van der Waals surface area (Å²) in [5.74, 6) is 0.360. The first kappa shape index (κ1) is 19.9. The van der Waals surface area contributed by atoms with Gasteiger partial charge in [-0.2, -0.15) is 0 Å². The maximum absolute atomic E-state index is 10.9. The van der Waals surface area contributed by atoms with Crippen molar-refractivity contribution in [1.82, 2.24) is 0 Å². The summed E-state index contributed by atoms with van der Waals surface area (Å²) in [6.07, 6.45) is 6.49. The highest BCUT2D eigenvalue weighted by Gasteiger charge is 2.02. The number of benzene rings is 2. The minimum atomic E-state index is -0.417. The fourth-order valence-electron chi connectivity index (χ4n) is 2.20. The van der Waals surface area contributed by atoms with Gasteiger partial charge in [-0.05, 0) is 48.2 Å². The summed E-state index contributed by atoms with van der Waals surface area (Å²) in [5.41, 5.74) is 1.96. The number of esters is 1. The Morgan fingerprint density at radius 3 is 2.07 bits per heavy atom. The fourth-order valence-corrected chi connectivity index (χ4v) is 2.20. The lowest BCUT2D eigenvalue weighted by Gasteiger charge is -2.06. The van der Waals surface area contributed by atoms with Crippen molar-refractivity contribution < 1.29 is 19.2 Å². The van der Waals surface area contributed by atoms with Gasteiger partial charge < -0.3 is 9.47 Å². The zero-order valence-corrected chi connectivity index (χ0v) is 14.9. The number of rotatable bonds is 10. The maximum Gasteiger partial charge on any atom is 0.330 e. The van der Waals surface area contributed by atoms with Crippen LogP contribution >= 0.6 is 0 Å². The number of ether oxygens (including phenoxy) is 2. The molecule has 0 unspecified atom stereocenters. The molecule has 0 fully saturated rings. The van der Waals surface area contributed by atoms with Crippen molar-refractivity contribution in [3.8, 4) is 5.75 Å². The minimum Gasteiger partial charge on any atom is -0.494 e. The monoisotopic (exact) mass is 367 g/mol. The lowest BCUT2D eigenvalue weighted by Crippen LogP contribution is -2.04. The van der Waals surface area contributed by atoms with E-state index in [0.29, 0.717) is 13.2 Å². The third-order valence-electron chi connectivity index (χ3n) is 3.67. The van der Waals surface area contributed by atoms with Crippen molar-refractivity contribution >= 4 is 23.8 Å². The quantitative estimate of drug-likeness (QED) is 0.152. The zero-order valence-electron chi connectivity index (χ0n) is 14.9. The molecule has 2 rings (SSSR count). The summed E-state index contributed by atoms with van der Waals surface area (Å²) >= 11 is 0. The second-order valence-corrected chi connectivity index (χ2v) is 5.68. The van der Waals surface area contributed by atoms with E-state index in [9.17, 15) is 14.9 Å². The van der Waals surface area contributed by atoms with Gasteiger partial charge in [0.25, 0.3) is 5.69 Å². The van der Waals surface area contributed by atoms with Crippen LogP contribution in [-0.2, 0) is 9.53 Å². The van der Waals surface area contributed by atoms with E-state index in [0.717, 1.165) is 35.8 Å². The SMILES string of the molecule is C=CC(=O)OCCCCOc1ccc(C=Cc2ccc([N+](=O)[O-])cc2)cc1. The second kappa shape index (κ2) is 10.6. The smallest absolute Gasteiger partial charge is 0.330 e. The van der Waals surface area contributed by atoms with Crippen LogP contribution in [0.15, 0.2) is 61.2 Å². The molecular formula is C21H21NO5. The van der Waals surface area contributed by atoms with Gasteiger partial charge in [0.1, 0.15) is 5.75 Å². The Balaban J connectivity index is 1.75. The summed E-state index contributed by atoms with van der Waals surface area (Å²) in [6, 6.07) is 14.0. The molecule has 27 heavy (non-hydrogen) atoms. The number of nitrogens with zero attached hydrogens (tertiary/aromatic N) is 1. The Morgan fingerprint density at radius 2 is 1.52 bits per heavy atom. The van der Waals surface area contributed by atoms with Gasteiger partial charge in [-0.15, -0.1) is 0 Å². The Kier molecular flexibility index (Phi) is 7.78. The van der Waals surface area contributed by atoms with E-state index in [-0.39, 0.29) is 5.69 Å². The Morgan fingerprint density at radius 1 is 0.963 bits per heavy atom. The molecule has 6 nitrogen and oxygen atoms in total. The van der Waals surface area contributed by atoms with Gasteiger partial charge in [-0.3, -0.25) is 10.1 Å². The van der Waals surface area contributed by atoms with Crippen molar-refractivity contribution in [2.75, 3.05) is 13.2 Å². The average Bonchev–Trinajstić information content (AvgIpc) is 2.70. The number of nitro benzene ring substituents is 1. The van der Waals surface area contributed by atoms with Crippen molar-refractivity contribution in [1.29, 1.82) is 0 Å². The molecule has 140 valence electrons. The second-order valence-electron chi connectivity index (χ2n) is 5.68. The normalized spacial score (nSPS) is 10.5. The van der Waals surface area contributed by atoms with Crippen molar-refractivity contribution in [2.45, 2.75) is 12.8 Å². The molecule has 0 saturated carbocycles. The van der Waals surface area contributed by atoms with Crippen molar-refractivity contribution in [3.05, 3.63) is 82.4 Å². The summed E-state index contributed by atoms with van der Waals surface area (Å²) in [4.78, 5) is 21.1. The van der Waals surface area contributed by atoms with Gasteiger partial charge in [-0.25, -0.2) is 4.79 Å². The van der Waals surface area contributed by atoms with Crippen LogP contribution in [-0.4, -0.2) is 24.1 Å². The largest absolute Gasteiger partial charge is 0.494 e. The van der Waals surface area contributed by atoms with Gasteiger partial charge in [0.15, 0.2) is 0 Å². The van der Waals surface area contributed by atoms with Gasteiger partial charge in [-0.1, -0.05) is 30.9 Å². The lowest BCUT2D eigenvalue weighted by molar-refractivity contribution is -0.384. The highest BCUT2D eigenvalue weighted by molar-refractivity contribution is 5.81. The van der Waals surface area contributed by atoms with Crippen LogP contribution in [0.1, 0.15) is 24.0 Å². The first-order valence-corrected chi connectivity index (χ1v) is 8.53. The van der Waals surface area contributed by atoms with E-state index in [2.05, 4.69) is 6.58 Å². The predicted octanol–water partition coefficient (Wildman–Crippen LogP) is 4.65. The van der Waals surface area contributed by atoms with E-state index in [1.807, 2.05) is 36.4 Å². The number of hydrogen-bond acceptors (Lipinski definition) is 5. The highest BCUT2D eigenvalue weighted by atomic mass is 16.6. The molecule has 0 spiro atoms. The summed E-state index contributed by atoms with van der Waals surface area (Å²) in [6.45, 7) is 4.24. The molecule has 6 heteroatoms. The molecule has 0 radical (unpaired) electrons. The Labute approximate surface area is 157 Å². The van der Waals surface area contributed by atoms with Crippen molar-refractivity contribution in [3.63, 3.8) is 0 Å². The Bertz CT molecular complexity index is 794. The number of carbonyl (C=O) groups excluding carboxylic acids is 1. The van der Waals surface area contributed by atoms with E-state index in [1.165, 1.54) is 12.1 Å². The molecule has 0 amide bonds. The third kappa shape index (κ3) is 7.15. The Hall–Kier alpha value is -3.41. The molecule has 0 bridgehead atoms. The highest BCUT2D eigenvalue weighted by Crippen LogP contribution is 2.17. The van der Waals surface area contributed by atoms with Crippen LogP contribution < -0.4 is 4.74 Å². The lowest BCUT2D eigenvalue weighted by atomic mass is 10.1. The van der Waals surface area contributed by atoms with E-state index in [1.54, 1.807) is 12.1 Å². The predicted molar refractivity (Wildman–Crippen MR) is 104 cm³/mol. The molecule has 0 atom stereocenters. The fraction of sp³-hybridized carbons (Fsp3) is 0.190. The van der Waals surface area contributed by atoms with E-state index >= 15 is 0 Å².